The van der Waals surface area contributed by atoms with E-state index >= 15 is 0 Å². The van der Waals surface area contributed by atoms with E-state index in [0.717, 1.165) is 30.3 Å². The molecule has 3 aromatic carbocycles. The molecule has 15 heteroatoms. The smallest absolute Gasteiger partial charge is 0.430 e. The van der Waals surface area contributed by atoms with Crippen molar-refractivity contribution in [2.24, 2.45) is 5.92 Å². The van der Waals surface area contributed by atoms with E-state index in [1.165, 1.54) is 0 Å². The van der Waals surface area contributed by atoms with Crippen molar-refractivity contribution in [3.8, 4) is 0 Å². The SMILES string of the molecule is O=C(O)C1CCC(c2ccc(C(OCc3c(F)cccc3F)(C(F)(F)F)C(F)(F)F)cc2)(S(=O)(=O)c2ccc(F)cc2)C1. The Balaban J connectivity index is 1.86. The molecule has 2 unspecified atom stereocenters. The molecule has 0 bridgehead atoms. The molecule has 0 aromatic heterocycles. The molecule has 2 atom stereocenters. The largest absolute Gasteiger partial charge is 0.481 e. The minimum Gasteiger partial charge on any atom is -0.481 e. The van der Waals surface area contributed by atoms with Crippen LogP contribution in [0.2, 0.25) is 0 Å². The number of sulfone groups is 1. The molecule has 3 aromatic rings. The summed E-state index contributed by atoms with van der Waals surface area (Å²) in [7, 11) is -4.59. The number of ether oxygens (including phenoxy) is 1. The summed E-state index contributed by atoms with van der Waals surface area (Å²) in [5.74, 6) is -6.28. The highest BCUT2D eigenvalue weighted by Gasteiger charge is 2.73. The van der Waals surface area contributed by atoms with E-state index in [-0.39, 0.29) is 18.4 Å². The molecule has 1 aliphatic carbocycles. The van der Waals surface area contributed by atoms with Gasteiger partial charge in [-0.15, -0.1) is 0 Å². The first-order chi connectivity index (χ1) is 19.9. The van der Waals surface area contributed by atoms with Gasteiger partial charge in [0.2, 0.25) is 0 Å². The maximum atomic E-state index is 14.3. The molecule has 0 amide bonds. The summed E-state index contributed by atoms with van der Waals surface area (Å²) in [6.45, 7) is -1.78. The second-order valence-corrected chi connectivity index (χ2v) is 12.2. The normalized spacial score (nSPS) is 19.9. The molecular weight excluding hydrogens is 619 g/mol. The molecule has 0 spiro atoms. The number of carboxylic acids is 1. The van der Waals surface area contributed by atoms with E-state index in [2.05, 4.69) is 4.74 Å². The van der Waals surface area contributed by atoms with Gasteiger partial charge in [0.25, 0.3) is 5.60 Å². The van der Waals surface area contributed by atoms with Gasteiger partial charge in [-0.3, -0.25) is 4.79 Å². The van der Waals surface area contributed by atoms with Gasteiger partial charge >= 0.3 is 18.3 Å². The van der Waals surface area contributed by atoms with Crippen LogP contribution in [0.4, 0.5) is 39.5 Å². The van der Waals surface area contributed by atoms with Crippen LogP contribution in [0.5, 0.6) is 0 Å². The molecule has 1 fully saturated rings. The van der Waals surface area contributed by atoms with Crippen molar-refractivity contribution >= 4 is 15.8 Å². The predicted molar refractivity (Wildman–Crippen MR) is 132 cm³/mol. The number of rotatable bonds is 8. The number of carboxylic acid groups (broad SMARTS) is 1. The third-order valence-electron chi connectivity index (χ3n) is 7.57. The standard InChI is InChI=1S/C28H21F9O5S/c29-19-8-10-20(11-9-19)43(40,41)25(13-12-16(14-25)24(38)39)17-4-6-18(7-5-17)26(27(32,33)34,28(35,36)37)42-15-21-22(30)2-1-3-23(21)31/h1-11,16H,12-15H2,(H,38,39). The van der Waals surface area contributed by atoms with E-state index in [4.69, 9.17) is 0 Å². The predicted octanol–water partition coefficient (Wildman–Crippen LogP) is 7.19. The second-order valence-electron chi connectivity index (χ2n) is 9.97. The number of aliphatic carboxylic acids is 1. The van der Waals surface area contributed by atoms with Crippen LogP contribution in [-0.4, -0.2) is 31.8 Å². The lowest BCUT2D eigenvalue weighted by Gasteiger charge is -2.38. The van der Waals surface area contributed by atoms with E-state index in [9.17, 15) is 57.8 Å². The molecule has 0 radical (unpaired) electrons. The minimum absolute atomic E-state index is 0.191. The Morgan fingerprint density at radius 2 is 1.40 bits per heavy atom. The Kier molecular flexibility index (Phi) is 8.39. The summed E-state index contributed by atoms with van der Waals surface area (Å²) >= 11 is 0. The number of halogens is 9. The maximum Gasteiger partial charge on any atom is 0.430 e. The highest BCUT2D eigenvalue weighted by atomic mass is 32.2. The van der Waals surface area contributed by atoms with Crippen LogP contribution in [-0.2, 0) is 36.3 Å². The van der Waals surface area contributed by atoms with Crippen LogP contribution in [0.1, 0.15) is 36.0 Å². The lowest BCUT2D eigenvalue weighted by atomic mass is 9.88. The van der Waals surface area contributed by atoms with Crippen molar-refractivity contribution in [3.63, 3.8) is 0 Å². The number of alkyl halides is 6. The topological polar surface area (TPSA) is 80.7 Å². The van der Waals surface area contributed by atoms with Crippen LogP contribution in [0, 0.1) is 23.4 Å². The van der Waals surface area contributed by atoms with E-state index in [1.807, 2.05) is 0 Å². The molecule has 1 aliphatic rings. The lowest BCUT2D eigenvalue weighted by Crippen LogP contribution is -2.56. The molecular formula is C28H21F9O5S. The number of hydrogen-bond donors (Lipinski definition) is 1. The zero-order valence-corrected chi connectivity index (χ0v) is 22.5. The zero-order valence-electron chi connectivity index (χ0n) is 21.6. The summed E-state index contributed by atoms with van der Waals surface area (Å²) in [5.41, 5.74) is -8.18. The first kappa shape index (κ1) is 32.3. The molecule has 4 rings (SSSR count). The van der Waals surface area contributed by atoms with Gasteiger partial charge in [-0.1, -0.05) is 30.3 Å². The maximum absolute atomic E-state index is 14.3. The van der Waals surface area contributed by atoms with Crippen molar-refractivity contribution in [3.05, 3.63) is 101 Å². The quantitative estimate of drug-likeness (QED) is 0.208. The van der Waals surface area contributed by atoms with Gasteiger partial charge in [-0.25, -0.2) is 21.6 Å². The van der Waals surface area contributed by atoms with Gasteiger partial charge in [0.15, 0.2) is 9.84 Å². The van der Waals surface area contributed by atoms with Crippen LogP contribution >= 0.6 is 0 Å². The first-order valence-electron chi connectivity index (χ1n) is 12.4. The average Bonchev–Trinajstić information content (AvgIpc) is 3.37. The molecule has 0 heterocycles. The van der Waals surface area contributed by atoms with Gasteiger partial charge in [-0.2, -0.15) is 26.3 Å². The van der Waals surface area contributed by atoms with Crippen molar-refractivity contribution in [2.75, 3.05) is 0 Å². The molecule has 232 valence electrons. The van der Waals surface area contributed by atoms with Crippen LogP contribution in [0.15, 0.2) is 71.6 Å². The molecule has 0 saturated heterocycles. The van der Waals surface area contributed by atoms with Crippen LogP contribution in [0.25, 0.3) is 0 Å². The van der Waals surface area contributed by atoms with Gasteiger partial charge in [0, 0.05) is 11.1 Å². The highest BCUT2D eigenvalue weighted by Crippen LogP contribution is 2.55. The zero-order chi connectivity index (χ0) is 32.0. The van der Waals surface area contributed by atoms with Gasteiger partial charge in [0.05, 0.1) is 17.4 Å². The van der Waals surface area contributed by atoms with E-state index in [0.29, 0.717) is 36.4 Å². The lowest BCUT2D eigenvalue weighted by molar-refractivity contribution is -0.392. The summed E-state index contributed by atoms with van der Waals surface area (Å²) in [5, 5.41) is 9.52. The minimum atomic E-state index is -6.23. The fourth-order valence-corrected chi connectivity index (χ4v) is 7.51. The fraction of sp³-hybridized carbons (Fsp3) is 0.321. The summed E-state index contributed by atoms with van der Waals surface area (Å²) < 4.78 is 157. The van der Waals surface area contributed by atoms with Gasteiger partial charge < -0.3 is 9.84 Å². The molecule has 0 aliphatic heterocycles. The molecule has 1 N–H and O–H groups in total. The Labute approximate surface area is 238 Å². The van der Waals surface area contributed by atoms with Gasteiger partial charge in [-0.05, 0) is 61.2 Å². The van der Waals surface area contributed by atoms with E-state index in [1.54, 1.807) is 0 Å². The fourth-order valence-electron chi connectivity index (χ4n) is 5.32. The van der Waals surface area contributed by atoms with Crippen LogP contribution < -0.4 is 0 Å². The number of benzene rings is 3. The number of hydrogen-bond acceptors (Lipinski definition) is 4. The summed E-state index contributed by atoms with van der Waals surface area (Å²) in [6.07, 6.45) is -13.6. The Hall–Kier alpha value is -3.59. The van der Waals surface area contributed by atoms with E-state index < -0.39 is 90.9 Å². The molecule has 5 nitrogen and oxygen atoms in total. The van der Waals surface area contributed by atoms with Gasteiger partial charge in [0.1, 0.15) is 22.2 Å². The van der Waals surface area contributed by atoms with Crippen molar-refractivity contribution in [1.82, 2.24) is 0 Å². The second kappa shape index (κ2) is 11.2. The number of carbonyl (C=O) groups is 1. The van der Waals surface area contributed by atoms with Crippen molar-refractivity contribution < 1.29 is 62.6 Å². The Morgan fingerprint density at radius 1 is 0.860 bits per heavy atom. The Morgan fingerprint density at radius 3 is 1.86 bits per heavy atom. The van der Waals surface area contributed by atoms with Crippen molar-refractivity contribution in [2.45, 2.75) is 53.5 Å². The van der Waals surface area contributed by atoms with Crippen LogP contribution in [0.3, 0.4) is 0 Å². The molecule has 43 heavy (non-hydrogen) atoms. The average molecular weight is 641 g/mol. The third kappa shape index (κ3) is 5.48. The van der Waals surface area contributed by atoms with Crippen molar-refractivity contribution in [1.29, 1.82) is 0 Å². The Bertz CT molecular complexity index is 1570. The third-order valence-corrected chi connectivity index (χ3v) is 10.1. The summed E-state index contributed by atoms with van der Waals surface area (Å²) in [6, 6.07) is 7.55. The first-order valence-corrected chi connectivity index (χ1v) is 13.9. The monoisotopic (exact) mass is 640 g/mol. The molecule has 1 saturated carbocycles. The highest BCUT2D eigenvalue weighted by molar-refractivity contribution is 7.92. The summed E-state index contributed by atoms with van der Waals surface area (Å²) in [4.78, 5) is 11.3.